The average Bonchev–Trinajstić information content (AvgIpc) is 2.13. The van der Waals surface area contributed by atoms with E-state index in [1.807, 2.05) is 0 Å². The van der Waals surface area contributed by atoms with Crippen molar-refractivity contribution < 1.29 is 13.2 Å². The predicted molar refractivity (Wildman–Crippen MR) is 71.9 cm³/mol. The van der Waals surface area contributed by atoms with E-state index in [0.717, 1.165) is 30.5 Å². The van der Waals surface area contributed by atoms with Crippen molar-refractivity contribution in [1.82, 2.24) is 0 Å². The average molecular weight is 323 g/mol. The normalized spacial score (nSPS) is 14.6. The van der Waals surface area contributed by atoms with Gasteiger partial charge in [0.25, 0.3) is 0 Å². The molecule has 0 saturated carbocycles. The van der Waals surface area contributed by atoms with Crippen molar-refractivity contribution in [3.8, 4) is 0 Å². The molecule has 0 fully saturated rings. The van der Waals surface area contributed by atoms with Crippen LogP contribution in [0.25, 0.3) is 0 Å². The molecule has 18 heavy (non-hydrogen) atoms. The summed E-state index contributed by atoms with van der Waals surface area (Å²) in [6.45, 7) is 6.44. The second-order valence-electron chi connectivity index (χ2n) is 5.76. The van der Waals surface area contributed by atoms with E-state index in [0.29, 0.717) is 0 Å². The zero-order valence-corrected chi connectivity index (χ0v) is 12.4. The summed E-state index contributed by atoms with van der Waals surface area (Å²) in [5.74, 6) is 0. The summed E-state index contributed by atoms with van der Waals surface area (Å²) in [5.41, 5.74) is 0.544. The maximum absolute atomic E-state index is 12.4. The lowest BCUT2D eigenvalue weighted by molar-refractivity contribution is -0.137. The minimum atomic E-state index is -4.25. The number of benzene rings is 1. The molecule has 102 valence electrons. The summed E-state index contributed by atoms with van der Waals surface area (Å²) in [4.78, 5) is 0.286. The lowest BCUT2D eigenvalue weighted by Gasteiger charge is -2.22. The van der Waals surface area contributed by atoms with E-state index in [-0.39, 0.29) is 10.2 Å². The molecule has 0 saturated heterocycles. The Kier molecular flexibility index (Phi) is 4.87. The third-order valence-electron chi connectivity index (χ3n) is 2.57. The molecule has 0 N–H and O–H groups in total. The van der Waals surface area contributed by atoms with Crippen LogP contribution in [-0.4, -0.2) is 4.83 Å². The number of alkyl halides is 4. The molecule has 0 heterocycles. The first-order valence-corrected chi connectivity index (χ1v) is 6.80. The summed E-state index contributed by atoms with van der Waals surface area (Å²) in [6, 6.07) is 5.40. The highest BCUT2D eigenvalue weighted by molar-refractivity contribution is 9.09. The van der Waals surface area contributed by atoms with Crippen LogP contribution >= 0.6 is 15.9 Å². The van der Waals surface area contributed by atoms with Crippen LogP contribution in [0, 0.1) is 5.41 Å². The number of hydrogen-bond donors (Lipinski definition) is 0. The smallest absolute Gasteiger partial charge is 0.166 e. The first kappa shape index (κ1) is 15.5. The second kappa shape index (κ2) is 5.64. The van der Waals surface area contributed by atoms with Crippen LogP contribution < -0.4 is 0 Å². The monoisotopic (exact) mass is 322 g/mol. The van der Waals surface area contributed by atoms with Gasteiger partial charge in [0.05, 0.1) is 5.56 Å². The Balaban J connectivity index is 2.64. The van der Waals surface area contributed by atoms with Gasteiger partial charge in [0.2, 0.25) is 0 Å². The van der Waals surface area contributed by atoms with Gasteiger partial charge >= 0.3 is 6.18 Å². The summed E-state index contributed by atoms with van der Waals surface area (Å²) in [6.07, 6.45) is -2.53. The zero-order chi connectivity index (χ0) is 14.0. The standard InChI is InChI=1S/C14H18BrF3/c1-13(2,3)9-12(15)8-10-4-6-11(7-5-10)14(16,17)18/h4-7,12H,8-9H2,1-3H3. The molecule has 0 spiro atoms. The van der Waals surface area contributed by atoms with E-state index in [4.69, 9.17) is 0 Å². The highest BCUT2D eigenvalue weighted by Gasteiger charge is 2.30. The van der Waals surface area contributed by atoms with Crippen LogP contribution in [-0.2, 0) is 12.6 Å². The molecule has 0 aliphatic heterocycles. The molecule has 1 unspecified atom stereocenters. The van der Waals surface area contributed by atoms with Crippen molar-refractivity contribution in [3.05, 3.63) is 35.4 Å². The van der Waals surface area contributed by atoms with E-state index in [2.05, 4.69) is 36.7 Å². The van der Waals surface area contributed by atoms with Gasteiger partial charge in [0, 0.05) is 4.83 Å². The fourth-order valence-electron chi connectivity index (χ4n) is 1.82. The molecule has 4 heteroatoms. The Morgan fingerprint density at radius 3 is 1.94 bits per heavy atom. The number of rotatable bonds is 3. The maximum atomic E-state index is 12.4. The largest absolute Gasteiger partial charge is 0.416 e. The summed E-state index contributed by atoms with van der Waals surface area (Å²) in [5, 5.41) is 0. The highest BCUT2D eigenvalue weighted by atomic mass is 79.9. The van der Waals surface area contributed by atoms with Gasteiger partial charge in [-0.25, -0.2) is 0 Å². The van der Waals surface area contributed by atoms with Gasteiger partial charge < -0.3 is 0 Å². The third-order valence-corrected chi connectivity index (χ3v) is 3.22. The molecule has 1 aromatic carbocycles. The van der Waals surface area contributed by atoms with E-state index in [1.54, 1.807) is 12.1 Å². The fourth-order valence-corrected chi connectivity index (χ4v) is 3.17. The van der Waals surface area contributed by atoms with Gasteiger partial charge in [0.1, 0.15) is 0 Å². The van der Waals surface area contributed by atoms with Crippen LogP contribution in [0.1, 0.15) is 38.3 Å². The summed E-state index contributed by atoms with van der Waals surface area (Å²) in [7, 11) is 0. The Hall–Kier alpha value is -0.510. The van der Waals surface area contributed by atoms with Crippen LogP contribution in [0.2, 0.25) is 0 Å². The third kappa shape index (κ3) is 5.42. The first-order valence-electron chi connectivity index (χ1n) is 5.88. The van der Waals surface area contributed by atoms with Crippen molar-refractivity contribution in [2.75, 3.05) is 0 Å². The Morgan fingerprint density at radius 1 is 1.06 bits per heavy atom. The fraction of sp³-hybridized carbons (Fsp3) is 0.571. The van der Waals surface area contributed by atoms with Gasteiger partial charge in [-0.1, -0.05) is 48.8 Å². The van der Waals surface area contributed by atoms with Gasteiger partial charge in [-0.05, 0) is 36.0 Å². The van der Waals surface area contributed by atoms with Crippen LogP contribution in [0.3, 0.4) is 0 Å². The number of halogens is 4. The molecule has 1 atom stereocenters. The zero-order valence-electron chi connectivity index (χ0n) is 10.8. The van der Waals surface area contributed by atoms with Gasteiger partial charge in [-0.3, -0.25) is 0 Å². The van der Waals surface area contributed by atoms with Gasteiger partial charge in [-0.2, -0.15) is 13.2 Å². The molecule has 0 amide bonds. The Bertz CT molecular complexity index is 374. The number of hydrogen-bond acceptors (Lipinski definition) is 0. The predicted octanol–water partition coefficient (Wildman–Crippen LogP) is 5.45. The highest BCUT2D eigenvalue weighted by Crippen LogP contribution is 2.30. The van der Waals surface area contributed by atoms with Gasteiger partial charge in [0.15, 0.2) is 0 Å². The van der Waals surface area contributed by atoms with Gasteiger partial charge in [-0.15, -0.1) is 0 Å². The van der Waals surface area contributed by atoms with E-state index < -0.39 is 11.7 Å². The molecule has 0 aliphatic rings. The first-order chi connectivity index (χ1) is 8.08. The van der Waals surface area contributed by atoms with Crippen LogP contribution in [0.4, 0.5) is 13.2 Å². The summed E-state index contributed by atoms with van der Waals surface area (Å²) >= 11 is 3.59. The van der Waals surface area contributed by atoms with Crippen molar-refractivity contribution in [2.45, 2.75) is 44.6 Å². The Labute approximate surface area is 115 Å². The van der Waals surface area contributed by atoms with E-state index >= 15 is 0 Å². The SMILES string of the molecule is CC(C)(C)CC(Br)Cc1ccc(C(F)(F)F)cc1. The summed E-state index contributed by atoms with van der Waals surface area (Å²) < 4.78 is 37.2. The van der Waals surface area contributed by atoms with Crippen molar-refractivity contribution in [3.63, 3.8) is 0 Å². The minimum absolute atomic E-state index is 0.208. The molecule has 0 aromatic heterocycles. The molecule has 1 aromatic rings. The molecular weight excluding hydrogens is 305 g/mol. The second-order valence-corrected chi connectivity index (χ2v) is 7.06. The quantitative estimate of drug-likeness (QED) is 0.649. The molecular formula is C14H18BrF3. The lowest BCUT2D eigenvalue weighted by Crippen LogP contribution is -2.15. The van der Waals surface area contributed by atoms with E-state index in [9.17, 15) is 13.2 Å². The lowest BCUT2D eigenvalue weighted by atomic mass is 9.89. The minimum Gasteiger partial charge on any atom is -0.166 e. The van der Waals surface area contributed by atoms with Crippen molar-refractivity contribution in [1.29, 1.82) is 0 Å². The molecule has 0 radical (unpaired) electrons. The van der Waals surface area contributed by atoms with E-state index in [1.165, 1.54) is 0 Å². The maximum Gasteiger partial charge on any atom is 0.416 e. The van der Waals surface area contributed by atoms with Crippen LogP contribution in [0.15, 0.2) is 24.3 Å². The molecule has 0 bridgehead atoms. The van der Waals surface area contributed by atoms with Crippen molar-refractivity contribution in [2.24, 2.45) is 5.41 Å². The topological polar surface area (TPSA) is 0 Å². The molecule has 0 aliphatic carbocycles. The van der Waals surface area contributed by atoms with Crippen molar-refractivity contribution >= 4 is 15.9 Å². The molecule has 1 rings (SSSR count). The molecule has 0 nitrogen and oxygen atoms in total. The Morgan fingerprint density at radius 2 is 1.56 bits per heavy atom. The van der Waals surface area contributed by atoms with Crippen LogP contribution in [0.5, 0.6) is 0 Å².